The molecule has 3 aromatic rings. The van der Waals surface area contributed by atoms with Crippen molar-refractivity contribution in [3.05, 3.63) is 77.3 Å². The van der Waals surface area contributed by atoms with E-state index in [1.165, 1.54) is 11.3 Å². The molecule has 0 aliphatic carbocycles. The van der Waals surface area contributed by atoms with E-state index in [-0.39, 0.29) is 11.8 Å². The van der Waals surface area contributed by atoms with Crippen LogP contribution < -0.4 is 5.32 Å². The van der Waals surface area contributed by atoms with E-state index in [2.05, 4.69) is 18.3 Å². The van der Waals surface area contributed by atoms with Crippen LogP contribution in [0.15, 0.2) is 66.7 Å². The minimum atomic E-state index is -0.0764. The standard InChI is InChI=1S/C23H21N3OS/c1-3-20(27)25-23-21(18-12-8-5-9-13-18)26-22(28-23)19(15-24)14-16(2)17-10-6-4-7-11-17/h4-14,16H,3H2,1-2H3,(H,25,27)/b19-14+/t16-/m0/s1. The molecule has 4 nitrogen and oxygen atoms in total. The number of rotatable bonds is 6. The molecule has 1 N–H and O–H groups in total. The molecule has 0 saturated carbocycles. The summed E-state index contributed by atoms with van der Waals surface area (Å²) in [5, 5.41) is 13.9. The molecule has 0 unspecified atom stereocenters. The van der Waals surface area contributed by atoms with Crippen LogP contribution in [0.2, 0.25) is 0 Å². The SMILES string of the molecule is CCC(=O)Nc1sc(/C(C#N)=C/[C@H](C)c2ccccc2)nc1-c1ccccc1. The van der Waals surface area contributed by atoms with Crippen molar-refractivity contribution in [2.75, 3.05) is 5.32 Å². The van der Waals surface area contributed by atoms with Crippen LogP contribution in [0.1, 0.15) is 36.8 Å². The largest absolute Gasteiger partial charge is 0.316 e. The number of benzene rings is 2. The molecule has 140 valence electrons. The van der Waals surface area contributed by atoms with Gasteiger partial charge in [0.15, 0.2) is 0 Å². The highest BCUT2D eigenvalue weighted by atomic mass is 32.1. The van der Waals surface area contributed by atoms with Gasteiger partial charge >= 0.3 is 0 Å². The van der Waals surface area contributed by atoms with Crippen LogP contribution in [-0.2, 0) is 4.79 Å². The van der Waals surface area contributed by atoms with E-state index in [0.717, 1.165) is 11.1 Å². The molecule has 0 bridgehead atoms. The molecule has 3 rings (SSSR count). The highest BCUT2D eigenvalue weighted by molar-refractivity contribution is 7.17. The number of amides is 1. The van der Waals surface area contributed by atoms with Crippen molar-refractivity contribution in [3.8, 4) is 17.3 Å². The lowest BCUT2D eigenvalue weighted by molar-refractivity contribution is -0.115. The molecule has 1 aromatic heterocycles. The van der Waals surface area contributed by atoms with E-state index in [4.69, 9.17) is 4.98 Å². The molecule has 1 heterocycles. The summed E-state index contributed by atoms with van der Waals surface area (Å²) in [6.07, 6.45) is 2.31. The summed E-state index contributed by atoms with van der Waals surface area (Å²) in [7, 11) is 0. The van der Waals surface area contributed by atoms with Gasteiger partial charge in [-0.25, -0.2) is 4.98 Å². The first kappa shape index (κ1) is 19.5. The van der Waals surface area contributed by atoms with Crippen LogP contribution in [0.4, 0.5) is 5.00 Å². The molecule has 0 fully saturated rings. The predicted octanol–water partition coefficient (Wildman–Crippen LogP) is 5.87. The quantitative estimate of drug-likeness (QED) is 0.538. The number of allylic oxidation sites excluding steroid dienone is 2. The Hall–Kier alpha value is -3.23. The number of hydrogen-bond acceptors (Lipinski definition) is 4. The first-order chi connectivity index (χ1) is 13.6. The van der Waals surface area contributed by atoms with Crippen LogP contribution in [-0.4, -0.2) is 10.9 Å². The molecule has 0 spiro atoms. The number of nitrogens with zero attached hydrogens (tertiary/aromatic N) is 2. The number of nitrogens with one attached hydrogen (secondary N) is 1. The van der Waals surface area contributed by atoms with Gasteiger partial charge in [-0.1, -0.05) is 91.9 Å². The summed E-state index contributed by atoms with van der Waals surface area (Å²) in [6.45, 7) is 3.86. The molecule has 0 saturated heterocycles. The smallest absolute Gasteiger partial charge is 0.224 e. The van der Waals surface area contributed by atoms with Crippen molar-refractivity contribution in [2.24, 2.45) is 0 Å². The molecule has 0 aliphatic rings. The predicted molar refractivity (Wildman–Crippen MR) is 115 cm³/mol. The fourth-order valence-electron chi connectivity index (χ4n) is 2.79. The van der Waals surface area contributed by atoms with E-state index in [9.17, 15) is 10.1 Å². The topological polar surface area (TPSA) is 65.8 Å². The van der Waals surface area contributed by atoms with Crippen molar-refractivity contribution in [3.63, 3.8) is 0 Å². The third kappa shape index (κ3) is 4.54. The average Bonchev–Trinajstić information content (AvgIpc) is 3.16. The van der Waals surface area contributed by atoms with E-state index in [0.29, 0.717) is 27.7 Å². The Morgan fingerprint density at radius 1 is 1.18 bits per heavy atom. The number of carbonyl (C=O) groups excluding carboxylic acids is 1. The lowest BCUT2D eigenvalue weighted by Gasteiger charge is -2.06. The molecular weight excluding hydrogens is 366 g/mol. The molecule has 28 heavy (non-hydrogen) atoms. The Morgan fingerprint density at radius 3 is 2.43 bits per heavy atom. The fourth-order valence-corrected chi connectivity index (χ4v) is 3.76. The second-order valence-electron chi connectivity index (χ2n) is 6.36. The van der Waals surface area contributed by atoms with E-state index in [1.807, 2.05) is 73.7 Å². The van der Waals surface area contributed by atoms with Crippen molar-refractivity contribution in [2.45, 2.75) is 26.2 Å². The number of hydrogen-bond donors (Lipinski definition) is 1. The second-order valence-corrected chi connectivity index (χ2v) is 7.36. The number of carbonyl (C=O) groups is 1. The van der Waals surface area contributed by atoms with Crippen LogP contribution in [0.5, 0.6) is 0 Å². The minimum absolute atomic E-state index is 0.0764. The van der Waals surface area contributed by atoms with Crippen molar-refractivity contribution in [1.82, 2.24) is 4.98 Å². The summed E-state index contributed by atoms with van der Waals surface area (Å²) in [4.78, 5) is 16.7. The Balaban J connectivity index is 2.01. The fraction of sp³-hybridized carbons (Fsp3) is 0.174. The first-order valence-electron chi connectivity index (χ1n) is 9.15. The van der Waals surface area contributed by atoms with Crippen LogP contribution in [0.25, 0.3) is 16.8 Å². The third-order valence-electron chi connectivity index (χ3n) is 4.34. The molecular formula is C23H21N3OS. The average molecular weight is 388 g/mol. The van der Waals surface area contributed by atoms with Crippen molar-refractivity contribution in [1.29, 1.82) is 5.26 Å². The normalized spacial score (nSPS) is 12.2. The molecule has 1 amide bonds. The Kier molecular flexibility index (Phi) is 6.36. The molecule has 1 atom stereocenters. The second kappa shape index (κ2) is 9.12. The van der Waals surface area contributed by atoms with Crippen LogP contribution in [0.3, 0.4) is 0 Å². The Labute approximate surface area is 169 Å². The maximum absolute atomic E-state index is 12.0. The lowest BCUT2D eigenvalue weighted by Crippen LogP contribution is -2.08. The highest BCUT2D eigenvalue weighted by Gasteiger charge is 2.18. The summed E-state index contributed by atoms with van der Waals surface area (Å²) in [5.41, 5.74) is 3.24. The van der Waals surface area contributed by atoms with Crippen LogP contribution in [0, 0.1) is 11.3 Å². The van der Waals surface area contributed by atoms with Crippen molar-refractivity contribution >= 4 is 27.8 Å². The Morgan fingerprint density at radius 2 is 1.82 bits per heavy atom. The van der Waals surface area contributed by atoms with Gasteiger partial charge in [0.25, 0.3) is 0 Å². The lowest BCUT2D eigenvalue weighted by atomic mass is 9.99. The molecule has 0 aliphatic heterocycles. The van der Waals surface area contributed by atoms with Gasteiger partial charge in [0, 0.05) is 17.9 Å². The molecule has 2 aromatic carbocycles. The van der Waals surface area contributed by atoms with Gasteiger partial charge in [-0.2, -0.15) is 5.26 Å². The number of nitriles is 1. The number of thiazole rings is 1. The van der Waals surface area contributed by atoms with Gasteiger partial charge in [-0.3, -0.25) is 4.79 Å². The van der Waals surface area contributed by atoms with Gasteiger partial charge in [0.1, 0.15) is 21.8 Å². The van der Waals surface area contributed by atoms with Gasteiger partial charge in [-0.15, -0.1) is 0 Å². The summed E-state index contributed by atoms with van der Waals surface area (Å²) in [6, 6.07) is 22.0. The number of anilines is 1. The monoisotopic (exact) mass is 387 g/mol. The zero-order valence-corrected chi connectivity index (χ0v) is 16.7. The first-order valence-corrected chi connectivity index (χ1v) is 9.97. The van der Waals surface area contributed by atoms with Crippen molar-refractivity contribution < 1.29 is 4.79 Å². The van der Waals surface area contributed by atoms with Gasteiger partial charge in [-0.05, 0) is 5.56 Å². The maximum Gasteiger partial charge on any atom is 0.224 e. The van der Waals surface area contributed by atoms with E-state index in [1.54, 1.807) is 0 Å². The summed E-state index contributed by atoms with van der Waals surface area (Å²) < 4.78 is 0. The minimum Gasteiger partial charge on any atom is -0.316 e. The molecule has 5 heteroatoms. The Bertz CT molecular complexity index is 1020. The zero-order chi connectivity index (χ0) is 19.9. The zero-order valence-electron chi connectivity index (χ0n) is 15.8. The molecule has 0 radical (unpaired) electrons. The van der Waals surface area contributed by atoms with Gasteiger partial charge in [0.2, 0.25) is 5.91 Å². The maximum atomic E-state index is 12.0. The van der Waals surface area contributed by atoms with E-state index >= 15 is 0 Å². The van der Waals surface area contributed by atoms with Gasteiger partial charge in [0.05, 0.1) is 5.57 Å². The van der Waals surface area contributed by atoms with E-state index < -0.39 is 0 Å². The van der Waals surface area contributed by atoms with Crippen LogP contribution >= 0.6 is 11.3 Å². The highest BCUT2D eigenvalue weighted by Crippen LogP contribution is 2.36. The summed E-state index contributed by atoms with van der Waals surface area (Å²) >= 11 is 1.33. The van der Waals surface area contributed by atoms with Gasteiger partial charge < -0.3 is 5.32 Å². The summed E-state index contributed by atoms with van der Waals surface area (Å²) in [5.74, 6) is 0.00105. The number of aromatic nitrogens is 1. The third-order valence-corrected chi connectivity index (χ3v) is 5.35.